The Bertz CT molecular complexity index is 803. The number of hydrogen-bond acceptors (Lipinski definition) is 6. The molecule has 1 saturated carbocycles. The third-order valence-electron chi connectivity index (χ3n) is 5.48. The summed E-state index contributed by atoms with van der Waals surface area (Å²) in [5.41, 5.74) is 2.53. The molecule has 26 heavy (non-hydrogen) atoms. The molecule has 1 aromatic carbocycles. The van der Waals surface area contributed by atoms with Gasteiger partial charge in [-0.2, -0.15) is 0 Å². The van der Waals surface area contributed by atoms with E-state index in [2.05, 4.69) is 26.7 Å². The van der Waals surface area contributed by atoms with Crippen molar-refractivity contribution >= 4 is 23.2 Å². The second-order valence-corrected chi connectivity index (χ2v) is 7.75. The number of aromatic nitrogens is 2. The van der Waals surface area contributed by atoms with Crippen molar-refractivity contribution in [1.82, 2.24) is 9.97 Å². The van der Waals surface area contributed by atoms with Crippen LogP contribution in [0.5, 0.6) is 0 Å². The molecule has 1 fully saturated rings. The zero-order chi connectivity index (χ0) is 18.3. The van der Waals surface area contributed by atoms with Gasteiger partial charge >= 0.3 is 0 Å². The van der Waals surface area contributed by atoms with Crippen molar-refractivity contribution < 1.29 is 10.2 Å². The topological polar surface area (TPSA) is 90.3 Å². The quantitative estimate of drug-likeness (QED) is 0.658. The largest absolute Gasteiger partial charge is 0.390 e. The monoisotopic (exact) mass is 374 g/mol. The smallest absolute Gasteiger partial charge is 0.131 e. The lowest BCUT2D eigenvalue weighted by Gasteiger charge is -2.19. The highest BCUT2D eigenvalue weighted by molar-refractivity contribution is 6.30. The highest BCUT2D eigenvalue weighted by atomic mass is 35.5. The Morgan fingerprint density at radius 2 is 1.85 bits per heavy atom. The Morgan fingerprint density at radius 1 is 1.08 bits per heavy atom. The van der Waals surface area contributed by atoms with Crippen molar-refractivity contribution in [2.45, 2.75) is 50.5 Å². The normalized spacial score (nSPS) is 30.2. The van der Waals surface area contributed by atoms with E-state index in [9.17, 15) is 10.2 Å². The summed E-state index contributed by atoms with van der Waals surface area (Å²) in [6.07, 6.45) is 2.70. The van der Waals surface area contributed by atoms with Gasteiger partial charge in [-0.3, -0.25) is 0 Å². The Labute approximate surface area is 157 Å². The Hall–Kier alpha value is -1.89. The third kappa shape index (κ3) is 3.37. The van der Waals surface area contributed by atoms with E-state index in [-0.39, 0.29) is 18.0 Å². The maximum atomic E-state index is 10.1. The van der Waals surface area contributed by atoms with Crippen molar-refractivity contribution in [3.05, 3.63) is 46.7 Å². The van der Waals surface area contributed by atoms with E-state index in [4.69, 9.17) is 11.6 Å². The molecule has 2 aliphatic rings. The van der Waals surface area contributed by atoms with Crippen LogP contribution in [0.3, 0.4) is 0 Å². The van der Waals surface area contributed by atoms with Crippen LogP contribution < -0.4 is 10.6 Å². The van der Waals surface area contributed by atoms with Crippen molar-refractivity contribution in [2.75, 3.05) is 10.6 Å². The predicted octanol–water partition coefficient (Wildman–Crippen LogP) is 2.77. The maximum Gasteiger partial charge on any atom is 0.131 e. The van der Waals surface area contributed by atoms with Crippen LogP contribution in [0.4, 0.5) is 11.6 Å². The number of aryl methyl sites for hydroxylation is 1. The summed E-state index contributed by atoms with van der Waals surface area (Å²) in [6, 6.07) is 7.85. The number of fused-ring (bicyclic) bond motifs is 1. The maximum absolute atomic E-state index is 10.1. The molecule has 2 aliphatic carbocycles. The van der Waals surface area contributed by atoms with Crippen LogP contribution in [-0.2, 0) is 6.42 Å². The van der Waals surface area contributed by atoms with Crippen LogP contribution in [0.1, 0.15) is 36.9 Å². The van der Waals surface area contributed by atoms with Crippen LogP contribution in [0.2, 0.25) is 5.02 Å². The first-order chi connectivity index (χ1) is 12.5. The molecule has 2 aromatic rings. The van der Waals surface area contributed by atoms with Gasteiger partial charge in [0.2, 0.25) is 0 Å². The molecule has 0 saturated heterocycles. The molecule has 4 rings (SSSR count). The van der Waals surface area contributed by atoms with E-state index in [0.29, 0.717) is 12.2 Å². The number of halogens is 1. The standard InChI is InChI=1S/C19H23ClN4O2/c1-10-6-15(19(26)18(10)25)24-17-8-16(21-9-22-17)23-14-5-2-11-7-12(20)3-4-13(11)14/h3-4,7-10,14-15,18-19,25-26H,2,5-6H2,1H3,(H2,21,22,23,24)/t10-,14+,15-,18-,19+/m1/s1. The lowest BCUT2D eigenvalue weighted by molar-refractivity contribution is 0.0210. The van der Waals surface area contributed by atoms with Crippen LogP contribution in [0.15, 0.2) is 30.6 Å². The van der Waals surface area contributed by atoms with Gasteiger partial charge in [-0.1, -0.05) is 24.6 Å². The molecule has 5 atom stereocenters. The van der Waals surface area contributed by atoms with Gasteiger partial charge in [0.1, 0.15) is 24.1 Å². The number of rotatable bonds is 4. The Balaban J connectivity index is 1.46. The highest BCUT2D eigenvalue weighted by Gasteiger charge is 2.39. The number of nitrogens with one attached hydrogen (secondary N) is 2. The summed E-state index contributed by atoms with van der Waals surface area (Å²) in [4.78, 5) is 8.56. The fourth-order valence-electron chi connectivity index (χ4n) is 4.02. The van der Waals surface area contributed by atoms with Gasteiger partial charge < -0.3 is 20.8 Å². The van der Waals surface area contributed by atoms with Crippen molar-refractivity contribution in [3.8, 4) is 0 Å². The molecule has 0 spiro atoms. The third-order valence-corrected chi connectivity index (χ3v) is 5.71. The van der Waals surface area contributed by atoms with Crippen LogP contribution in [0.25, 0.3) is 0 Å². The second kappa shape index (κ2) is 7.02. The minimum Gasteiger partial charge on any atom is -0.390 e. The summed E-state index contributed by atoms with van der Waals surface area (Å²) in [7, 11) is 0. The van der Waals surface area contributed by atoms with Gasteiger partial charge in [0.05, 0.1) is 18.2 Å². The van der Waals surface area contributed by atoms with Gasteiger partial charge in [-0.15, -0.1) is 0 Å². The SMILES string of the molecule is C[C@@H]1C[C@@H](Nc2cc(N[C@H]3CCc4cc(Cl)ccc43)ncn2)[C@H](O)[C@@H]1O. The van der Waals surface area contributed by atoms with Crippen LogP contribution in [-0.4, -0.2) is 38.4 Å². The molecule has 0 amide bonds. The van der Waals surface area contributed by atoms with Crippen LogP contribution in [0, 0.1) is 5.92 Å². The van der Waals surface area contributed by atoms with Crippen molar-refractivity contribution in [2.24, 2.45) is 5.92 Å². The number of benzene rings is 1. The molecule has 138 valence electrons. The van der Waals surface area contributed by atoms with Crippen LogP contribution >= 0.6 is 11.6 Å². The van der Waals surface area contributed by atoms with Gasteiger partial charge in [0, 0.05) is 11.1 Å². The Kier molecular flexibility index (Phi) is 4.73. The van der Waals surface area contributed by atoms with Crippen molar-refractivity contribution in [3.63, 3.8) is 0 Å². The number of anilines is 2. The molecule has 7 heteroatoms. The van der Waals surface area contributed by atoms with E-state index in [0.717, 1.165) is 23.7 Å². The highest BCUT2D eigenvalue weighted by Crippen LogP contribution is 2.35. The summed E-state index contributed by atoms with van der Waals surface area (Å²) < 4.78 is 0. The summed E-state index contributed by atoms with van der Waals surface area (Å²) >= 11 is 6.08. The molecule has 0 radical (unpaired) electrons. The van der Waals surface area contributed by atoms with E-state index < -0.39 is 12.2 Å². The fourth-order valence-corrected chi connectivity index (χ4v) is 4.21. The molecule has 1 aromatic heterocycles. The number of nitrogens with zero attached hydrogens (tertiary/aromatic N) is 2. The van der Waals surface area contributed by atoms with E-state index in [1.54, 1.807) is 0 Å². The average molecular weight is 375 g/mol. The van der Waals surface area contributed by atoms with Gasteiger partial charge in [0.15, 0.2) is 0 Å². The first-order valence-corrected chi connectivity index (χ1v) is 9.38. The molecule has 0 bridgehead atoms. The molecule has 6 nitrogen and oxygen atoms in total. The fraction of sp³-hybridized carbons (Fsp3) is 0.474. The zero-order valence-corrected chi connectivity index (χ0v) is 15.3. The Morgan fingerprint density at radius 3 is 2.58 bits per heavy atom. The molecule has 4 N–H and O–H groups in total. The number of aliphatic hydroxyl groups excluding tert-OH is 2. The van der Waals surface area contributed by atoms with Gasteiger partial charge in [-0.05, 0) is 48.4 Å². The molecule has 0 unspecified atom stereocenters. The second-order valence-electron chi connectivity index (χ2n) is 7.31. The molecular weight excluding hydrogens is 352 g/mol. The lowest BCUT2D eigenvalue weighted by atomic mass is 10.1. The lowest BCUT2D eigenvalue weighted by Crippen LogP contribution is -2.35. The summed E-state index contributed by atoms with van der Waals surface area (Å²) in [6.45, 7) is 1.94. The van der Waals surface area contributed by atoms with Gasteiger partial charge in [-0.25, -0.2) is 9.97 Å². The minimum absolute atomic E-state index is 0.0590. The van der Waals surface area contributed by atoms with Gasteiger partial charge in [0.25, 0.3) is 0 Å². The van der Waals surface area contributed by atoms with E-state index in [1.165, 1.54) is 17.5 Å². The molecule has 1 heterocycles. The summed E-state index contributed by atoms with van der Waals surface area (Å²) in [5, 5.41) is 27.5. The first-order valence-electron chi connectivity index (χ1n) is 9.01. The summed E-state index contributed by atoms with van der Waals surface area (Å²) in [5.74, 6) is 1.43. The number of aliphatic hydroxyl groups is 2. The molecular formula is C19H23ClN4O2. The van der Waals surface area contributed by atoms with Crippen molar-refractivity contribution in [1.29, 1.82) is 0 Å². The first kappa shape index (κ1) is 17.5. The zero-order valence-electron chi connectivity index (χ0n) is 14.6. The van der Waals surface area contributed by atoms with E-state index >= 15 is 0 Å². The minimum atomic E-state index is -0.789. The average Bonchev–Trinajstić information content (AvgIpc) is 3.11. The van der Waals surface area contributed by atoms with E-state index in [1.807, 2.05) is 25.1 Å². The molecule has 0 aliphatic heterocycles. The number of hydrogen-bond donors (Lipinski definition) is 4. The predicted molar refractivity (Wildman–Crippen MR) is 101 cm³/mol.